The van der Waals surface area contributed by atoms with Gasteiger partial charge < -0.3 is 19.3 Å². The van der Waals surface area contributed by atoms with Crippen LogP contribution in [0, 0.1) is 5.41 Å². The standard InChI is InChI=1S/C23H34N4O3S/c1-5-22(3,6-2)30-21(28)27-11-9-23(15-27)8-10-26(14-23)19-18-13-17(7-12-29-4)31-20(18)25-16-24-19/h13,16H,5-12,14-15H2,1-4H3. The number of methoxy groups -OCH3 is 1. The summed E-state index contributed by atoms with van der Waals surface area (Å²) in [6.07, 6.45) is 6.16. The third-order valence-electron chi connectivity index (χ3n) is 7.18. The number of thiophene rings is 1. The minimum atomic E-state index is -0.374. The first kappa shape index (κ1) is 22.3. The Hall–Kier alpha value is -1.93. The summed E-state index contributed by atoms with van der Waals surface area (Å²) < 4.78 is 11.1. The molecule has 0 bridgehead atoms. The molecule has 4 heterocycles. The van der Waals surface area contributed by atoms with E-state index in [-0.39, 0.29) is 17.1 Å². The van der Waals surface area contributed by atoms with E-state index in [2.05, 4.69) is 34.8 Å². The summed E-state index contributed by atoms with van der Waals surface area (Å²) in [5.41, 5.74) is -0.249. The zero-order valence-electron chi connectivity index (χ0n) is 19.1. The van der Waals surface area contributed by atoms with Crippen molar-refractivity contribution in [3.63, 3.8) is 0 Å². The van der Waals surface area contributed by atoms with Crippen molar-refractivity contribution in [3.05, 3.63) is 17.3 Å². The molecule has 1 atom stereocenters. The molecule has 170 valence electrons. The van der Waals surface area contributed by atoms with Crippen LogP contribution in [0.25, 0.3) is 10.2 Å². The number of hydrogen-bond acceptors (Lipinski definition) is 7. The number of carbonyl (C=O) groups is 1. The van der Waals surface area contributed by atoms with Gasteiger partial charge in [-0.25, -0.2) is 14.8 Å². The smallest absolute Gasteiger partial charge is 0.410 e. The highest BCUT2D eigenvalue weighted by molar-refractivity contribution is 7.18. The van der Waals surface area contributed by atoms with E-state index in [1.54, 1.807) is 24.8 Å². The number of aromatic nitrogens is 2. The molecule has 2 aliphatic heterocycles. The van der Waals surface area contributed by atoms with Gasteiger partial charge in [-0.15, -0.1) is 11.3 Å². The van der Waals surface area contributed by atoms with E-state index >= 15 is 0 Å². The van der Waals surface area contributed by atoms with Crippen LogP contribution in [0.4, 0.5) is 10.6 Å². The Labute approximate surface area is 188 Å². The molecule has 31 heavy (non-hydrogen) atoms. The van der Waals surface area contributed by atoms with Crippen molar-refractivity contribution >= 4 is 33.5 Å². The van der Waals surface area contributed by atoms with Gasteiger partial charge >= 0.3 is 6.09 Å². The second-order valence-electron chi connectivity index (χ2n) is 9.24. The summed E-state index contributed by atoms with van der Waals surface area (Å²) >= 11 is 1.72. The van der Waals surface area contributed by atoms with Crippen LogP contribution in [0.3, 0.4) is 0 Å². The molecule has 0 radical (unpaired) electrons. The minimum absolute atomic E-state index is 0.125. The predicted molar refractivity (Wildman–Crippen MR) is 124 cm³/mol. The summed E-state index contributed by atoms with van der Waals surface area (Å²) in [4.78, 5) is 28.5. The molecule has 1 amide bonds. The SMILES string of the molecule is CCC(C)(CC)OC(=O)N1CCC2(CCN(c3ncnc4sc(CCOC)cc34)C2)C1. The number of hydrogen-bond donors (Lipinski definition) is 0. The summed E-state index contributed by atoms with van der Waals surface area (Å²) in [7, 11) is 1.73. The van der Waals surface area contributed by atoms with Gasteiger partial charge in [0.05, 0.1) is 12.0 Å². The first-order chi connectivity index (χ1) is 14.9. The summed E-state index contributed by atoms with van der Waals surface area (Å²) in [6.45, 7) is 10.3. The van der Waals surface area contributed by atoms with Gasteiger partial charge in [0.15, 0.2) is 0 Å². The lowest BCUT2D eigenvalue weighted by Gasteiger charge is -2.30. The molecule has 1 spiro atoms. The number of amides is 1. The van der Waals surface area contributed by atoms with Gasteiger partial charge in [-0.05, 0) is 38.7 Å². The van der Waals surface area contributed by atoms with Crippen LogP contribution in [0.1, 0.15) is 51.3 Å². The third-order valence-corrected chi connectivity index (χ3v) is 8.28. The molecule has 2 aromatic rings. The quantitative estimate of drug-likeness (QED) is 0.624. The number of fused-ring (bicyclic) bond motifs is 1. The van der Waals surface area contributed by atoms with Crippen molar-refractivity contribution in [2.75, 3.05) is 44.8 Å². The molecule has 1 unspecified atom stereocenters. The van der Waals surface area contributed by atoms with E-state index in [0.29, 0.717) is 6.61 Å². The largest absolute Gasteiger partial charge is 0.443 e. The normalized spacial score (nSPS) is 21.5. The first-order valence-electron chi connectivity index (χ1n) is 11.4. The van der Waals surface area contributed by atoms with Crippen molar-refractivity contribution in [1.29, 1.82) is 0 Å². The van der Waals surface area contributed by atoms with Gasteiger partial charge in [-0.3, -0.25) is 0 Å². The van der Waals surface area contributed by atoms with E-state index in [1.807, 2.05) is 11.8 Å². The molecular weight excluding hydrogens is 412 g/mol. The highest BCUT2D eigenvalue weighted by atomic mass is 32.1. The second-order valence-corrected chi connectivity index (χ2v) is 10.4. The Balaban J connectivity index is 1.45. The van der Waals surface area contributed by atoms with Gasteiger partial charge in [0, 0.05) is 50.0 Å². The fraction of sp³-hybridized carbons (Fsp3) is 0.696. The maximum atomic E-state index is 12.8. The molecule has 4 rings (SSSR count). The summed E-state index contributed by atoms with van der Waals surface area (Å²) in [6, 6.07) is 2.22. The second kappa shape index (κ2) is 8.90. The van der Waals surface area contributed by atoms with Crippen molar-refractivity contribution in [2.24, 2.45) is 5.41 Å². The molecule has 2 fully saturated rings. The molecule has 7 nitrogen and oxygen atoms in total. The maximum absolute atomic E-state index is 12.8. The van der Waals surface area contributed by atoms with Crippen LogP contribution in [-0.2, 0) is 15.9 Å². The van der Waals surface area contributed by atoms with Crippen LogP contribution < -0.4 is 4.90 Å². The van der Waals surface area contributed by atoms with Crippen molar-refractivity contribution < 1.29 is 14.3 Å². The van der Waals surface area contributed by atoms with Crippen molar-refractivity contribution in [2.45, 2.75) is 58.5 Å². The summed E-state index contributed by atoms with van der Waals surface area (Å²) in [5.74, 6) is 1.02. The highest BCUT2D eigenvalue weighted by Gasteiger charge is 2.46. The molecule has 0 aliphatic carbocycles. The van der Waals surface area contributed by atoms with E-state index in [1.165, 1.54) is 4.88 Å². The maximum Gasteiger partial charge on any atom is 0.410 e. The minimum Gasteiger partial charge on any atom is -0.443 e. The summed E-state index contributed by atoms with van der Waals surface area (Å²) in [5, 5.41) is 1.13. The molecule has 0 N–H and O–H groups in total. The van der Waals surface area contributed by atoms with Gasteiger partial charge in [-0.2, -0.15) is 0 Å². The van der Waals surface area contributed by atoms with Crippen LogP contribution in [0.5, 0.6) is 0 Å². The van der Waals surface area contributed by atoms with Crippen molar-refractivity contribution in [3.8, 4) is 0 Å². The van der Waals surface area contributed by atoms with Crippen molar-refractivity contribution in [1.82, 2.24) is 14.9 Å². The number of carbonyl (C=O) groups excluding carboxylic acids is 1. The Kier molecular flexibility index (Phi) is 6.40. The average Bonchev–Trinajstić information content (AvgIpc) is 3.50. The Morgan fingerprint density at radius 1 is 1.23 bits per heavy atom. The fourth-order valence-electron chi connectivity index (χ4n) is 4.68. The van der Waals surface area contributed by atoms with Crippen LogP contribution in [0.2, 0.25) is 0 Å². The molecular formula is C23H34N4O3S. The molecule has 2 aromatic heterocycles. The Morgan fingerprint density at radius 3 is 2.74 bits per heavy atom. The number of nitrogens with zero attached hydrogens (tertiary/aromatic N) is 4. The first-order valence-corrected chi connectivity index (χ1v) is 12.2. The monoisotopic (exact) mass is 446 g/mol. The average molecular weight is 447 g/mol. The van der Waals surface area contributed by atoms with E-state index in [4.69, 9.17) is 9.47 Å². The number of ether oxygens (including phenoxy) is 2. The number of likely N-dealkylation sites (tertiary alicyclic amines) is 1. The van der Waals surface area contributed by atoms with Crippen LogP contribution in [0.15, 0.2) is 12.4 Å². The highest BCUT2D eigenvalue weighted by Crippen LogP contribution is 2.43. The Morgan fingerprint density at radius 2 is 2.00 bits per heavy atom. The van der Waals surface area contributed by atoms with Crippen LogP contribution in [-0.4, -0.2) is 66.5 Å². The predicted octanol–water partition coefficient (Wildman–Crippen LogP) is 4.50. The molecule has 0 aromatic carbocycles. The Bertz CT molecular complexity index is 929. The van der Waals surface area contributed by atoms with Gasteiger partial charge in [0.25, 0.3) is 0 Å². The van der Waals surface area contributed by atoms with Gasteiger partial charge in [0.1, 0.15) is 22.6 Å². The van der Waals surface area contributed by atoms with E-state index < -0.39 is 0 Å². The fourth-order valence-corrected chi connectivity index (χ4v) is 5.65. The number of rotatable bonds is 7. The van der Waals surface area contributed by atoms with Crippen LogP contribution >= 0.6 is 11.3 Å². The molecule has 2 aliphatic rings. The van der Waals surface area contributed by atoms with E-state index in [0.717, 1.165) is 74.3 Å². The molecule has 2 saturated heterocycles. The lowest BCUT2D eigenvalue weighted by molar-refractivity contribution is -0.000947. The molecule has 8 heteroatoms. The zero-order chi connectivity index (χ0) is 22.1. The van der Waals surface area contributed by atoms with E-state index in [9.17, 15) is 4.79 Å². The zero-order valence-corrected chi connectivity index (χ0v) is 20.0. The lowest BCUT2D eigenvalue weighted by Crippen LogP contribution is -2.39. The van der Waals surface area contributed by atoms with Gasteiger partial charge in [0.2, 0.25) is 0 Å². The lowest BCUT2D eigenvalue weighted by atomic mass is 9.86. The third kappa shape index (κ3) is 4.51. The van der Waals surface area contributed by atoms with Gasteiger partial charge in [-0.1, -0.05) is 13.8 Å². The number of anilines is 1. The molecule has 0 saturated carbocycles. The topological polar surface area (TPSA) is 67.8 Å².